The van der Waals surface area contributed by atoms with Gasteiger partial charge in [0.2, 0.25) is 0 Å². The molecular weight excluding hydrogens is 369 g/mol. The van der Waals surface area contributed by atoms with E-state index in [-0.39, 0.29) is 10.8 Å². The number of halogens is 3. The lowest BCUT2D eigenvalue weighted by Crippen LogP contribution is -2.11. The normalized spacial score (nSPS) is 18.7. The predicted molar refractivity (Wildman–Crippen MR) is 110 cm³/mol. The van der Waals surface area contributed by atoms with Gasteiger partial charge in [-0.15, -0.1) is 12.3 Å². The summed E-state index contributed by atoms with van der Waals surface area (Å²) < 4.78 is 40.6. The average Bonchev–Trinajstić information content (AvgIpc) is 2.76. The van der Waals surface area contributed by atoms with Crippen molar-refractivity contribution in [2.24, 2.45) is 5.92 Å². The van der Waals surface area contributed by atoms with E-state index in [1.807, 2.05) is 12.1 Å². The zero-order valence-corrected chi connectivity index (χ0v) is 15.8. The first kappa shape index (κ1) is 19.2. The van der Waals surface area contributed by atoms with Crippen LogP contribution in [-0.2, 0) is 0 Å². The third kappa shape index (κ3) is 4.01. The fourth-order valence-electron chi connectivity index (χ4n) is 3.96. The van der Waals surface area contributed by atoms with Crippen LogP contribution >= 0.6 is 0 Å². The Morgan fingerprint density at radius 3 is 2.10 bits per heavy atom. The molecule has 1 aliphatic carbocycles. The molecule has 4 rings (SSSR count). The summed E-state index contributed by atoms with van der Waals surface area (Å²) >= 11 is 0. The predicted octanol–water partition coefficient (Wildman–Crippen LogP) is 6.56. The molecule has 0 atom stereocenters. The van der Waals surface area contributed by atoms with Crippen molar-refractivity contribution in [2.75, 3.05) is 0 Å². The van der Waals surface area contributed by atoms with Crippen molar-refractivity contribution in [3.05, 3.63) is 82.7 Å². The van der Waals surface area contributed by atoms with Crippen molar-refractivity contribution in [3.63, 3.8) is 0 Å². The highest BCUT2D eigenvalue weighted by Gasteiger charge is 2.20. The Balaban J connectivity index is 1.52. The van der Waals surface area contributed by atoms with Crippen LogP contribution in [0.1, 0.15) is 48.3 Å². The smallest absolute Gasteiger partial charge is 0.195 e. The molecule has 0 unspecified atom stereocenters. The molecule has 1 aliphatic rings. The van der Waals surface area contributed by atoms with Gasteiger partial charge in [-0.2, -0.15) is 0 Å². The van der Waals surface area contributed by atoms with Crippen LogP contribution in [0.2, 0.25) is 0 Å². The monoisotopic (exact) mass is 388 g/mol. The number of hydrogen-bond donors (Lipinski definition) is 0. The topological polar surface area (TPSA) is 0 Å². The van der Waals surface area contributed by atoms with Crippen LogP contribution in [0.4, 0.5) is 13.2 Å². The second-order valence-corrected chi connectivity index (χ2v) is 7.51. The summed E-state index contributed by atoms with van der Waals surface area (Å²) in [5, 5.41) is 0.324. The number of benzene rings is 3. The van der Waals surface area contributed by atoms with E-state index < -0.39 is 17.5 Å². The number of terminal acetylenes is 1. The largest absolute Gasteiger partial charge is 0.204 e. The van der Waals surface area contributed by atoms with Gasteiger partial charge in [-0.3, -0.25) is 0 Å². The Morgan fingerprint density at radius 1 is 0.759 bits per heavy atom. The van der Waals surface area contributed by atoms with Gasteiger partial charge in [0.15, 0.2) is 17.5 Å². The molecule has 0 amide bonds. The third-order valence-corrected chi connectivity index (χ3v) is 5.67. The van der Waals surface area contributed by atoms with Crippen LogP contribution < -0.4 is 0 Å². The summed E-state index contributed by atoms with van der Waals surface area (Å²) in [6, 6.07) is 13.8. The summed E-state index contributed by atoms with van der Waals surface area (Å²) in [4.78, 5) is 0. The van der Waals surface area contributed by atoms with E-state index in [2.05, 4.69) is 29.9 Å². The average molecular weight is 388 g/mol. The molecule has 0 aromatic heterocycles. The quantitative estimate of drug-likeness (QED) is 0.327. The maximum absolute atomic E-state index is 13.8. The maximum atomic E-state index is 13.8. The van der Waals surface area contributed by atoms with Crippen molar-refractivity contribution in [1.29, 1.82) is 0 Å². The van der Waals surface area contributed by atoms with E-state index in [0.29, 0.717) is 17.4 Å². The first-order chi connectivity index (χ1) is 14.0. The van der Waals surface area contributed by atoms with Gasteiger partial charge < -0.3 is 0 Å². The summed E-state index contributed by atoms with van der Waals surface area (Å²) in [6.07, 6.45) is 9.91. The van der Waals surface area contributed by atoms with Crippen LogP contribution in [0.15, 0.2) is 48.5 Å². The third-order valence-electron chi connectivity index (χ3n) is 5.67. The highest BCUT2D eigenvalue weighted by Crippen LogP contribution is 2.35. The minimum absolute atomic E-state index is 0.0401. The zero-order valence-electron chi connectivity index (χ0n) is 15.8. The molecule has 0 bridgehead atoms. The molecule has 0 saturated heterocycles. The lowest BCUT2D eigenvalue weighted by Gasteiger charge is -2.25. The Bertz CT molecular complexity index is 1150. The van der Waals surface area contributed by atoms with Crippen LogP contribution in [0.25, 0.3) is 10.8 Å². The van der Waals surface area contributed by atoms with Crippen LogP contribution in [-0.4, -0.2) is 0 Å². The fraction of sp³-hybridized carbons (Fsp3) is 0.231. The molecular formula is C26H19F3. The zero-order chi connectivity index (χ0) is 20.4. The fourth-order valence-corrected chi connectivity index (χ4v) is 3.96. The Morgan fingerprint density at radius 2 is 1.41 bits per heavy atom. The van der Waals surface area contributed by atoms with Crippen LogP contribution in [0.3, 0.4) is 0 Å². The van der Waals surface area contributed by atoms with Gasteiger partial charge in [-0.1, -0.05) is 30.0 Å². The van der Waals surface area contributed by atoms with Gasteiger partial charge in [0, 0.05) is 22.4 Å². The van der Waals surface area contributed by atoms with Crippen LogP contribution in [0.5, 0.6) is 0 Å². The Labute approximate surface area is 168 Å². The minimum atomic E-state index is -1.45. The molecule has 0 nitrogen and oxygen atoms in total. The van der Waals surface area contributed by atoms with E-state index in [4.69, 9.17) is 6.42 Å². The van der Waals surface area contributed by atoms with E-state index in [1.165, 1.54) is 11.6 Å². The summed E-state index contributed by atoms with van der Waals surface area (Å²) in [5.41, 5.74) is 2.78. The van der Waals surface area contributed by atoms with Crippen LogP contribution in [0, 0.1) is 47.6 Å². The minimum Gasteiger partial charge on any atom is -0.204 e. The highest BCUT2D eigenvalue weighted by molar-refractivity contribution is 5.84. The molecule has 1 saturated carbocycles. The standard InChI is InChI=1S/C26H19F3/c1-2-17-5-10-20(11-6-17)21-12-7-18(8-13-21)3-4-19-9-14-23-22(15-19)16-24(27)26(29)25(23)28/h1,7-9,12-17,20H,5-6,10-11H2. The second kappa shape index (κ2) is 8.06. The molecule has 0 heterocycles. The molecule has 3 aromatic rings. The number of hydrogen-bond acceptors (Lipinski definition) is 0. The van der Waals surface area contributed by atoms with Gasteiger partial charge in [-0.05, 0) is 72.9 Å². The van der Waals surface area contributed by atoms with Gasteiger partial charge in [0.1, 0.15) is 0 Å². The van der Waals surface area contributed by atoms with E-state index >= 15 is 0 Å². The number of rotatable bonds is 1. The molecule has 3 heteroatoms. The molecule has 0 N–H and O–H groups in total. The molecule has 0 spiro atoms. The summed E-state index contributed by atoms with van der Waals surface area (Å²) in [5.74, 6) is 6.07. The van der Waals surface area contributed by atoms with Crippen molar-refractivity contribution in [1.82, 2.24) is 0 Å². The van der Waals surface area contributed by atoms with E-state index in [9.17, 15) is 13.2 Å². The van der Waals surface area contributed by atoms with Gasteiger partial charge in [-0.25, -0.2) is 13.2 Å². The Hall–Kier alpha value is -3.17. The van der Waals surface area contributed by atoms with Crippen molar-refractivity contribution in [2.45, 2.75) is 31.6 Å². The Kier molecular flexibility index (Phi) is 5.32. The SMILES string of the molecule is C#CC1CCC(c2ccc(C#Cc3ccc4c(F)c(F)c(F)cc4c3)cc2)CC1. The summed E-state index contributed by atoms with van der Waals surface area (Å²) in [7, 11) is 0. The maximum Gasteiger partial charge on any atom is 0.195 e. The second-order valence-electron chi connectivity index (χ2n) is 7.51. The van der Waals surface area contributed by atoms with Crippen molar-refractivity contribution < 1.29 is 13.2 Å². The van der Waals surface area contributed by atoms with E-state index in [0.717, 1.165) is 37.3 Å². The van der Waals surface area contributed by atoms with Crippen molar-refractivity contribution >= 4 is 10.8 Å². The van der Waals surface area contributed by atoms with Gasteiger partial charge in [0.05, 0.1) is 0 Å². The van der Waals surface area contributed by atoms with E-state index in [1.54, 1.807) is 12.1 Å². The van der Waals surface area contributed by atoms with Gasteiger partial charge >= 0.3 is 0 Å². The number of fused-ring (bicyclic) bond motifs is 1. The summed E-state index contributed by atoms with van der Waals surface area (Å²) in [6.45, 7) is 0. The molecule has 144 valence electrons. The molecule has 0 radical (unpaired) electrons. The lowest BCUT2D eigenvalue weighted by atomic mass is 9.79. The lowest BCUT2D eigenvalue weighted by molar-refractivity contribution is 0.385. The highest BCUT2D eigenvalue weighted by atomic mass is 19.2. The molecule has 0 aliphatic heterocycles. The molecule has 3 aromatic carbocycles. The van der Waals surface area contributed by atoms with Gasteiger partial charge in [0.25, 0.3) is 0 Å². The first-order valence-electron chi connectivity index (χ1n) is 9.70. The first-order valence-corrected chi connectivity index (χ1v) is 9.70. The van der Waals surface area contributed by atoms with Crippen molar-refractivity contribution in [3.8, 4) is 24.2 Å². The molecule has 1 fully saturated rings. The molecule has 29 heavy (non-hydrogen) atoms.